The van der Waals surface area contributed by atoms with Crippen molar-refractivity contribution in [2.45, 2.75) is 45.4 Å². The normalized spacial score (nSPS) is 11.5. The number of aromatic nitrogens is 1. The van der Waals surface area contributed by atoms with E-state index in [0.29, 0.717) is 0 Å². The van der Waals surface area contributed by atoms with Crippen molar-refractivity contribution in [1.29, 1.82) is 0 Å². The van der Waals surface area contributed by atoms with Crippen LogP contribution in [-0.2, 0) is 12.8 Å². The number of allylic oxidation sites excluding steroid dienone is 1. The van der Waals surface area contributed by atoms with Crippen molar-refractivity contribution in [2.24, 2.45) is 4.99 Å². The molecule has 1 N–H and O–H groups in total. The Labute approximate surface area is 139 Å². The molecule has 0 saturated carbocycles. The summed E-state index contributed by atoms with van der Waals surface area (Å²) in [4.78, 5) is 12.4. The van der Waals surface area contributed by atoms with Gasteiger partial charge in [-0.25, -0.2) is 4.98 Å². The topological polar surface area (TPSA) is 40.5 Å². The van der Waals surface area contributed by atoms with Gasteiger partial charge >= 0.3 is 0 Å². The molecule has 0 atom stereocenters. The molecular formula is C17H30N4S. The zero-order chi connectivity index (χ0) is 16.2. The van der Waals surface area contributed by atoms with Crippen LogP contribution in [0, 0.1) is 0 Å². The lowest BCUT2D eigenvalue weighted by molar-refractivity contribution is 0.455. The third-order valence-corrected chi connectivity index (χ3v) is 4.75. The molecule has 0 aromatic carbocycles. The van der Waals surface area contributed by atoms with E-state index in [1.807, 2.05) is 30.7 Å². The molecule has 1 rings (SSSR count). The van der Waals surface area contributed by atoms with Crippen LogP contribution in [0.15, 0.2) is 23.8 Å². The van der Waals surface area contributed by atoms with Crippen LogP contribution in [0.1, 0.15) is 42.5 Å². The van der Waals surface area contributed by atoms with Gasteiger partial charge in [0, 0.05) is 44.7 Å². The number of rotatable bonds is 10. The van der Waals surface area contributed by atoms with Gasteiger partial charge in [-0.3, -0.25) is 4.99 Å². The van der Waals surface area contributed by atoms with E-state index in [4.69, 9.17) is 0 Å². The molecular weight excluding hydrogens is 292 g/mol. The second-order valence-corrected chi connectivity index (χ2v) is 6.56. The van der Waals surface area contributed by atoms with Gasteiger partial charge < -0.3 is 10.2 Å². The smallest absolute Gasteiger partial charge is 0.193 e. The van der Waals surface area contributed by atoms with E-state index in [9.17, 15) is 0 Å². The van der Waals surface area contributed by atoms with Gasteiger partial charge in [-0.2, -0.15) is 0 Å². The first-order valence-electron chi connectivity index (χ1n) is 8.17. The Kier molecular flexibility index (Phi) is 9.55. The molecule has 1 aromatic rings. The van der Waals surface area contributed by atoms with Crippen LogP contribution in [0.3, 0.4) is 0 Å². The molecule has 0 fully saturated rings. The molecule has 0 amide bonds. The molecule has 124 valence electrons. The molecule has 0 aliphatic rings. The van der Waals surface area contributed by atoms with Crippen molar-refractivity contribution in [3.8, 4) is 0 Å². The Balaban J connectivity index is 2.24. The fourth-order valence-corrected chi connectivity index (χ4v) is 3.08. The Morgan fingerprint density at radius 2 is 2.27 bits per heavy atom. The molecule has 0 unspecified atom stereocenters. The standard InChI is InChI=1S/C17H30N4S/c1-5-7-8-9-10-13-21(4)17(18-3)19-12-11-16-20-14-15(6-2)22-16/h5,14H,1,6-13H2,2-4H3,(H,18,19). The molecule has 0 saturated heterocycles. The minimum absolute atomic E-state index is 0.879. The summed E-state index contributed by atoms with van der Waals surface area (Å²) < 4.78 is 0. The lowest BCUT2D eigenvalue weighted by Gasteiger charge is -2.21. The largest absolute Gasteiger partial charge is 0.356 e. The zero-order valence-corrected chi connectivity index (χ0v) is 15.1. The van der Waals surface area contributed by atoms with Gasteiger partial charge in [0.05, 0.1) is 5.01 Å². The van der Waals surface area contributed by atoms with E-state index in [0.717, 1.165) is 38.3 Å². The molecule has 1 aromatic heterocycles. The summed E-state index contributed by atoms with van der Waals surface area (Å²) in [5, 5.41) is 4.62. The van der Waals surface area contributed by atoms with Gasteiger partial charge in [0.25, 0.3) is 0 Å². The average molecular weight is 323 g/mol. The second kappa shape index (κ2) is 11.2. The van der Waals surface area contributed by atoms with Gasteiger partial charge in [-0.1, -0.05) is 19.4 Å². The third-order valence-electron chi connectivity index (χ3n) is 3.55. The first-order chi connectivity index (χ1) is 10.7. The van der Waals surface area contributed by atoms with Crippen LogP contribution >= 0.6 is 11.3 Å². The summed E-state index contributed by atoms with van der Waals surface area (Å²) in [5.74, 6) is 0.969. The Morgan fingerprint density at radius 1 is 1.45 bits per heavy atom. The maximum Gasteiger partial charge on any atom is 0.193 e. The van der Waals surface area contributed by atoms with E-state index in [2.05, 4.69) is 40.7 Å². The predicted octanol–water partition coefficient (Wildman–Crippen LogP) is 3.50. The molecule has 0 aliphatic heterocycles. The number of aliphatic imine (C=N–C) groups is 1. The highest BCUT2D eigenvalue weighted by Crippen LogP contribution is 2.13. The van der Waals surface area contributed by atoms with Crippen LogP contribution in [0.2, 0.25) is 0 Å². The summed E-state index contributed by atoms with van der Waals surface area (Å²) in [5.41, 5.74) is 0. The highest BCUT2D eigenvalue weighted by Gasteiger charge is 2.06. The monoisotopic (exact) mass is 322 g/mol. The van der Waals surface area contributed by atoms with Crippen molar-refractivity contribution >= 4 is 17.3 Å². The number of hydrogen-bond acceptors (Lipinski definition) is 3. The van der Waals surface area contributed by atoms with Crippen molar-refractivity contribution in [2.75, 3.05) is 27.2 Å². The van der Waals surface area contributed by atoms with Crippen LogP contribution in [0.25, 0.3) is 0 Å². The third kappa shape index (κ3) is 7.07. The number of nitrogens with one attached hydrogen (secondary N) is 1. The number of aryl methyl sites for hydroxylation is 1. The average Bonchev–Trinajstić information content (AvgIpc) is 2.99. The summed E-state index contributed by atoms with van der Waals surface area (Å²) >= 11 is 1.81. The van der Waals surface area contributed by atoms with Crippen molar-refractivity contribution in [3.05, 3.63) is 28.7 Å². The molecule has 0 spiro atoms. The van der Waals surface area contributed by atoms with Crippen LogP contribution in [0.4, 0.5) is 0 Å². The number of thiazole rings is 1. The predicted molar refractivity (Wildman–Crippen MR) is 97.9 cm³/mol. The number of guanidine groups is 1. The van der Waals surface area contributed by atoms with E-state index in [1.165, 1.54) is 29.1 Å². The first kappa shape index (κ1) is 18.7. The SMILES string of the molecule is C=CCCCCCN(C)C(=NC)NCCc1ncc(CC)s1. The van der Waals surface area contributed by atoms with Gasteiger partial charge in [-0.05, 0) is 25.7 Å². The van der Waals surface area contributed by atoms with Crippen molar-refractivity contribution in [1.82, 2.24) is 15.2 Å². The maximum atomic E-state index is 4.45. The minimum atomic E-state index is 0.879. The van der Waals surface area contributed by atoms with Gasteiger partial charge in [0.15, 0.2) is 5.96 Å². The lowest BCUT2D eigenvalue weighted by atomic mass is 10.2. The molecule has 5 heteroatoms. The Morgan fingerprint density at radius 3 is 2.91 bits per heavy atom. The van der Waals surface area contributed by atoms with Gasteiger partial charge in [0.1, 0.15) is 0 Å². The van der Waals surface area contributed by atoms with Crippen LogP contribution in [-0.4, -0.2) is 43.0 Å². The van der Waals surface area contributed by atoms with Gasteiger partial charge in [0.2, 0.25) is 0 Å². The van der Waals surface area contributed by atoms with Crippen LogP contribution in [0.5, 0.6) is 0 Å². The van der Waals surface area contributed by atoms with Gasteiger partial charge in [-0.15, -0.1) is 17.9 Å². The fourth-order valence-electron chi connectivity index (χ4n) is 2.21. The highest BCUT2D eigenvalue weighted by molar-refractivity contribution is 7.11. The minimum Gasteiger partial charge on any atom is -0.356 e. The number of hydrogen-bond donors (Lipinski definition) is 1. The summed E-state index contributed by atoms with van der Waals surface area (Å²) in [6.07, 6.45) is 10.8. The Hall–Kier alpha value is -1.36. The maximum absolute atomic E-state index is 4.45. The number of unbranched alkanes of at least 4 members (excludes halogenated alkanes) is 3. The molecule has 0 aliphatic carbocycles. The summed E-state index contributed by atoms with van der Waals surface area (Å²) in [6.45, 7) is 7.84. The quantitative estimate of drug-likeness (QED) is 0.310. The zero-order valence-electron chi connectivity index (χ0n) is 14.3. The molecule has 22 heavy (non-hydrogen) atoms. The van der Waals surface area contributed by atoms with E-state index < -0.39 is 0 Å². The van der Waals surface area contributed by atoms with E-state index in [1.54, 1.807) is 0 Å². The van der Waals surface area contributed by atoms with Crippen molar-refractivity contribution < 1.29 is 0 Å². The molecule has 4 nitrogen and oxygen atoms in total. The fraction of sp³-hybridized carbons (Fsp3) is 0.647. The first-order valence-corrected chi connectivity index (χ1v) is 8.99. The van der Waals surface area contributed by atoms with Crippen LogP contribution < -0.4 is 5.32 Å². The summed E-state index contributed by atoms with van der Waals surface area (Å²) in [7, 11) is 3.94. The Bertz CT molecular complexity index is 453. The highest BCUT2D eigenvalue weighted by atomic mass is 32.1. The molecule has 0 radical (unpaired) electrons. The van der Waals surface area contributed by atoms with Crippen molar-refractivity contribution in [3.63, 3.8) is 0 Å². The number of nitrogens with zero attached hydrogens (tertiary/aromatic N) is 3. The molecule has 1 heterocycles. The second-order valence-electron chi connectivity index (χ2n) is 5.36. The lowest BCUT2D eigenvalue weighted by Crippen LogP contribution is -2.40. The summed E-state index contributed by atoms with van der Waals surface area (Å²) in [6, 6.07) is 0. The van der Waals surface area contributed by atoms with E-state index in [-0.39, 0.29) is 0 Å². The molecule has 0 bridgehead atoms. The van der Waals surface area contributed by atoms with E-state index >= 15 is 0 Å².